The number of aryl methyl sites for hydroxylation is 1. The lowest BCUT2D eigenvalue weighted by Gasteiger charge is -2.49. The van der Waals surface area contributed by atoms with Gasteiger partial charge in [0, 0.05) is 18.6 Å². The van der Waals surface area contributed by atoms with Gasteiger partial charge in [0.25, 0.3) is 11.8 Å². The Morgan fingerprint density at radius 1 is 1.16 bits per heavy atom. The van der Waals surface area contributed by atoms with Gasteiger partial charge in [-0.3, -0.25) is 24.6 Å². The number of rotatable bonds is 12. The molecule has 2 aromatic heterocycles. The molecule has 1 saturated heterocycles. The Labute approximate surface area is 291 Å². The van der Waals surface area contributed by atoms with Crippen molar-refractivity contribution in [2.75, 3.05) is 22.7 Å². The van der Waals surface area contributed by atoms with Crippen LogP contribution in [0.4, 0.5) is 6.01 Å². The number of ether oxygens (including phenoxy) is 1. The first-order valence-electron chi connectivity index (χ1n) is 14.5. The number of β-lactam (4-membered cyclic amide) rings is 1. The average Bonchev–Trinajstić information content (AvgIpc) is 3.77. The van der Waals surface area contributed by atoms with Crippen LogP contribution in [0.1, 0.15) is 22.9 Å². The Morgan fingerprint density at radius 3 is 2.47 bits per heavy atom. The van der Waals surface area contributed by atoms with Gasteiger partial charge < -0.3 is 19.7 Å². The predicted molar refractivity (Wildman–Crippen MR) is 177 cm³/mol. The van der Waals surface area contributed by atoms with Crippen molar-refractivity contribution < 1.29 is 33.5 Å². The van der Waals surface area contributed by atoms with Crippen LogP contribution in [0.25, 0.3) is 0 Å². The average molecular weight is 724 g/mol. The summed E-state index contributed by atoms with van der Waals surface area (Å²) in [6.45, 7) is 0. The monoisotopic (exact) mass is 723 g/mol. The number of benzene rings is 2. The lowest BCUT2D eigenvalue weighted by Crippen LogP contribution is -2.71. The first kappa shape index (κ1) is 33.7. The van der Waals surface area contributed by atoms with Crippen LogP contribution < -0.4 is 10.6 Å². The summed E-state index contributed by atoms with van der Waals surface area (Å²) in [6.07, 6.45) is 0.218. The first-order chi connectivity index (χ1) is 23.8. The lowest BCUT2D eigenvalue weighted by atomic mass is 10.0. The van der Waals surface area contributed by atoms with Crippen LogP contribution >= 0.6 is 35.1 Å². The smallest absolute Gasteiger partial charge is 0.356 e. The van der Waals surface area contributed by atoms with Gasteiger partial charge in [-0.2, -0.15) is 4.98 Å². The topological polar surface area (TPSA) is 207 Å². The van der Waals surface area contributed by atoms with Gasteiger partial charge in [-0.25, -0.2) is 9.48 Å². The number of carbonyl (C=O) groups is 4. The number of amides is 3. The van der Waals surface area contributed by atoms with Crippen LogP contribution in [0.15, 0.2) is 92.9 Å². The number of tetrazole rings is 1. The Hall–Kier alpha value is -5.20. The third-order valence-corrected chi connectivity index (χ3v) is 10.0. The number of thioether (sulfide) groups is 2. The molecule has 0 aliphatic carbocycles. The van der Waals surface area contributed by atoms with Crippen molar-refractivity contribution in [2.24, 2.45) is 12.2 Å². The lowest BCUT2D eigenvalue weighted by molar-refractivity contribution is -0.154. The summed E-state index contributed by atoms with van der Waals surface area (Å²) in [5.41, 5.74) is 1.37. The number of oxime groups is 1. The highest BCUT2D eigenvalue weighted by atomic mass is 35.5. The van der Waals surface area contributed by atoms with E-state index in [-0.39, 0.29) is 29.0 Å². The van der Waals surface area contributed by atoms with Gasteiger partial charge in [0.05, 0.1) is 0 Å². The van der Waals surface area contributed by atoms with Crippen LogP contribution in [0, 0.1) is 0 Å². The minimum Gasteiger partial charge on any atom is -0.448 e. The fourth-order valence-corrected chi connectivity index (χ4v) is 7.44. The summed E-state index contributed by atoms with van der Waals surface area (Å²) in [5, 5.41) is 28.8. The minimum atomic E-state index is -1.09. The van der Waals surface area contributed by atoms with Crippen LogP contribution in [-0.4, -0.2) is 93.5 Å². The molecule has 2 atom stereocenters. The normalized spacial score (nSPS) is 17.4. The highest BCUT2D eigenvalue weighted by Crippen LogP contribution is 2.42. The summed E-state index contributed by atoms with van der Waals surface area (Å²) in [6, 6.07) is 17.1. The van der Waals surface area contributed by atoms with Crippen molar-refractivity contribution in [1.82, 2.24) is 35.4 Å². The molecule has 3 amide bonds. The summed E-state index contributed by atoms with van der Waals surface area (Å²) in [7, 11) is 1.69. The van der Waals surface area contributed by atoms with E-state index < -0.39 is 46.9 Å². The molecule has 0 unspecified atom stereocenters. The number of hydrogen-bond acceptors (Lipinski definition) is 14. The predicted octanol–water partition coefficient (Wildman–Crippen LogP) is 2.33. The second-order valence-electron chi connectivity index (χ2n) is 10.5. The highest BCUT2D eigenvalue weighted by Gasteiger charge is 2.55. The molecular formula is C30H26ClN9O7S2. The molecule has 16 nitrogen and oxygen atoms in total. The van der Waals surface area contributed by atoms with Gasteiger partial charge in [0.2, 0.25) is 11.1 Å². The molecule has 1 fully saturated rings. The Kier molecular flexibility index (Phi) is 10.3. The highest BCUT2D eigenvalue weighted by molar-refractivity contribution is 8.01. The third-order valence-electron chi connectivity index (χ3n) is 7.34. The number of oxazole rings is 1. The van der Waals surface area contributed by atoms with Crippen molar-refractivity contribution >= 4 is 70.5 Å². The number of halogens is 1. The number of hydrogen-bond donors (Lipinski definition) is 3. The molecule has 0 radical (unpaired) electrons. The molecule has 252 valence electrons. The standard InChI is InChI=1S/C30H26ClN9O7S2/c1-39-30(35-37-38-39)49-15-18-14-48-27-22(34-25(42)21(36-45)19-13-46-29(32-19)33-20(41)12-31)26(43)40(27)23(18)28(44)47-24(16-8-4-2-5-9-16)17-10-6-3-7-11-17/h2-11,13,22,24,27,45H,12,14-15H2,1H3,(H,34,42)(H,32,33,41)/b36-21-/t22-,27+/m1/s1. The van der Waals surface area contributed by atoms with Crippen LogP contribution in [-0.2, 0) is 31.0 Å². The molecule has 3 N–H and O–H groups in total. The quantitative estimate of drug-likeness (QED) is 0.0365. The van der Waals surface area contributed by atoms with Crippen molar-refractivity contribution in [1.29, 1.82) is 0 Å². The Balaban J connectivity index is 1.25. The molecule has 6 rings (SSSR count). The summed E-state index contributed by atoms with van der Waals surface area (Å²) < 4.78 is 12.8. The number of aromatic nitrogens is 5. The molecule has 2 aliphatic rings. The van der Waals surface area contributed by atoms with Gasteiger partial charge >= 0.3 is 12.0 Å². The number of fused-ring (bicyclic) bond motifs is 1. The third kappa shape index (κ3) is 7.15. The molecule has 0 saturated carbocycles. The molecule has 0 bridgehead atoms. The summed E-state index contributed by atoms with van der Waals surface area (Å²) in [4.78, 5) is 57.9. The van der Waals surface area contributed by atoms with E-state index in [0.717, 1.165) is 17.4 Å². The van der Waals surface area contributed by atoms with Crippen LogP contribution in [0.2, 0.25) is 0 Å². The first-order valence-corrected chi connectivity index (χ1v) is 17.0. The van der Waals surface area contributed by atoms with Crippen LogP contribution in [0.3, 0.4) is 0 Å². The number of esters is 1. The molecule has 4 aromatic rings. The van der Waals surface area contributed by atoms with E-state index in [4.69, 9.17) is 20.8 Å². The van der Waals surface area contributed by atoms with E-state index in [0.29, 0.717) is 16.5 Å². The molecule has 19 heteroatoms. The van der Waals surface area contributed by atoms with Gasteiger partial charge in [-0.05, 0) is 27.1 Å². The van der Waals surface area contributed by atoms with Crippen molar-refractivity contribution in [3.05, 3.63) is 95.0 Å². The van der Waals surface area contributed by atoms with E-state index in [1.54, 1.807) is 7.05 Å². The summed E-state index contributed by atoms with van der Waals surface area (Å²) >= 11 is 8.10. The number of carbonyl (C=O) groups excluding carboxylic acids is 4. The number of nitrogens with one attached hydrogen (secondary N) is 2. The zero-order valence-corrected chi connectivity index (χ0v) is 27.8. The van der Waals surface area contributed by atoms with Crippen LogP contribution in [0.5, 0.6) is 0 Å². The zero-order chi connectivity index (χ0) is 34.5. The van der Waals surface area contributed by atoms with Crippen molar-refractivity contribution in [3.8, 4) is 0 Å². The zero-order valence-electron chi connectivity index (χ0n) is 25.4. The van der Waals surface area contributed by atoms with E-state index in [9.17, 15) is 24.4 Å². The maximum Gasteiger partial charge on any atom is 0.356 e. The largest absolute Gasteiger partial charge is 0.448 e. The molecule has 2 aliphatic heterocycles. The fourth-order valence-electron chi connectivity index (χ4n) is 5.04. The molecular weight excluding hydrogens is 698 g/mol. The Bertz CT molecular complexity index is 1900. The van der Waals surface area contributed by atoms with Gasteiger partial charge in [0.15, 0.2) is 11.8 Å². The molecule has 49 heavy (non-hydrogen) atoms. The number of anilines is 1. The molecule has 4 heterocycles. The number of nitrogens with zero attached hydrogens (tertiary/aromatic N) is 7. The van der Waals surface area contributed by atoms with Gasteiger partial charge in [0.1, 0.15) is 34.9 Å². The molecule has 2 aromatic carbocycles. The maximum absolute atomic E-state index is 14.2. The second kappa shape index (κ2) is 14.9. The van der Waals surface area contributed by atoms with Crippen molar-refractivity contribution in [3.63, 3.8) is 0 Å². The van der Waals surface area contributed by atoms with E-state index in [2.05, 4.69) is 36.3 Å². The minimum absolute atomic E-state index is 0.0611. The maximum atomic E-state index is 14.2. The fraction of sp³-hybridized carbons (Fsp3) is 0.233. The summed E-state index contributed by atoms with van der Waals surface area (Å²) in [5.74, 6) is -2.62. The van der Waals surface area contributed by atoms with E-state index >= 15 is 0 Å². The van der Waals surface area contributed by atoms with Gasteiger partial charge in [-0.1, -0.05) is 77.6 Å². The van der Waals surface area contributed by atoms with Gasteiger partial charge in [-0.15, -0.1) is 28.5 Å². The van der Waals surface area contributed by atoms with E-state index in [1.807, 2.05) is 60.7 Å². The second-order valence-corrected chi connectivity index (χ2v) is 12.8. The van der Waals surface area contributed by atoms with E-state index in [1.165, 1.54) is 33.1 Å². The Morgan fingerprint density at radius 2 is 1.86 bits per heavy atom. The molecule has 0 spiro atoms. The SMILES string of the molecule is Cn1nnnc1SCC1=C(C(=O)OC(c2ccccc2)c2ccccc2)N2C(=O)[C@@H](NC(=O)/C(=N\O)c3coc(NC(=O)CCl)n3)[C@@H]2SC1. The number of alkyl halides is 1. The van der Waals surface area contributed by atoms with Crippen molar-refractivity contribution in [2.45, 2.75) is 22.7 Å².